The molecule has 0 saturated carbocycles. The standard InChI is InChI=1S/C17H12ClFN6/c18-11-6-7-14-13(8-11)21-23-25(14)17-20-16-12(19)9-15(24(16)22-17)10-4-2-1-3-5-10/h1-8,12,15H,9H2. The Hall–Kier alpha value is -2.80. The number of benzene rings is 2. The van der Waals surface area contributed by atoms with Crippen molar-refractivity contribution in [1.82, 2.24) is 29.8 Å². The molecule has 2 aromatic carbocycles. The first-order valence-corrected chi connectivity index (χ1v) is 8.25. The molecule has 25 heavy (non-hydrogen) atoms. The maximum Gasteiger partial charge on any atom is 0.271 e. The minimum Gasteiger partial charge on any atom is -0.239 e. The van der Waals surface area contributed by atoms with Crippen LogP contribution in [0.2, 0.25) is 5.02 Å². The Balaban J connectivity index is 1.62. The van der Waals surface area contributed by atoms with Crippen LogP contribution in [0.15, 0.2) is 48.5 Å². The molecule has 0 saturated heterocycles. The van der Waals surface area contributed by atoms with Crippen LogP contribution in [0, 0.1) is 0 Å². The van der Waals surface area contributed by atoms with E-state index in [-0.39, 0.29) is 6.04 Å². The summed E-state index contributed by atoms with van der Waals surface area (Å²) in [5.74, 6) is 0.629. The van der Waals surface area contributed by atoms with Crippen LogP contribution in [-0.4, -0.2) is 29.8 Å². The molecule has 8 heteroatoms. The van der Waals surface area contributed by atoms with E-state index in [1.54, 1.807) is 22.9 Å². The number of alkyl halides is 1. The number of hydrogen-bond acceptors (Lipinski definition) is 4. The van der Waals surface area contributed by atoms with Gasteiger partial charge in [-0.1, -0.05) is 47.1 Å². The average Bonchev–Trinajstić information content (AvgIpc) is 3.30. The van der Waals surface area contributed by atoms with E-state index in [2.05, 4.69) is 20.4 Å². The maximum absolute atomic E-state index is 14.5. The van der Waals surface area contributed by atoms with Gasteiger partial charge in [0, 0.05) is 11.4 Å². The van der Waals surface area contributed by atoms with Gasteiger partial charge in [0.05, 0.1) is 11.6 Å². The number of halogens is 2. The summed E-state index contributed by atoms with van der Waals surface area (Å²) in [5.41, 5.74) is 2.37. The van der Waals surface area contributed by atoms with E-state index in [0.717, 1.165) is 11.1 Å². The van der Waals surface area contributed by atoms with E-state index in [4.69, 9.17) is 11.6 Å². The quantitative estimate of drug-likeness (QED) is 0.551. The van der Waals surface area contributed by atoms with Crippen LogP contribution in [0.4, 0.5) is 4.39 Å². The normalized spacial score (nSPS) is 19.4. The summed E-state index contributed by atoms with van der Waals surface area (Å²) in [4.78, 5) is 4.37. The van der Waals surface area contributed by atoms with E-state index < -0.39 is 6.17 Å². The number of hydrogen-bond donors (Lipinski definition) is 0. The van der Waals surface area contributed by atoms with E-state index in [9.17, 15) is 4.39 Å². The lowest BCUT2D eigenvalue weighted by Gasteiger charge is -2.11. The number of fused-ring (bicyclic) bond motifs is 2. The first kappa shape index (κ1) is 14.5. The monoisotopic (exact) mass is 354 g/mol. The van der Waals surface area contributed by atoms with Crippen molar-refractivity contribution in [2.45, 2.75) is 18.6 Å². The third-order valence-electron chi connectivity index (χ3n) is 4.43. The van der Waals surface area contributed by atoms with Crippen molar-refractivity contribution in [1.29, 1.82) is 0 Å². The lowest BCUT2D eigenvalue weighted by Crippen LogP contribution is -2.08. The molecule has 1 aliphatic heterocycles. The second-order valence-electron chi connectivity index (χ2n) is 5.98. The van der Waals surface area contributed by atoms with Gasteiger partial charge in [0.2, 0.25) is 0 Å². The first-order valence-electron chi connectivity index (χ1n) is 7.87. The Kier molecular flexibility index (Phi) is 3.11. The summed E-state index contributed by atoms with van der Waals surface area (Å²) in [7, 11) is 0. The summed E-state index contributed by atoms with van der Waals surface area (Å²) in [6.45, 7) is 0. The van der Waals surface area contributed by atoms with E-state index >= 15 is 0 Å². The molecule has 2 unspecified atom stereocenters. The Morgan fingerprint density at radius 3 is 2.80 bits per heavy atom. The zero-order valence-electron chi connectivity index (χ0n) is 12.9. The minimum atomic E-state index is -1.16. The molecule has 0 radical (unpaired) electrons. The highest BCUT2D eigenvalue weighted by molar-refractivity contribution is 6.31. The van der Waals surface area contributed by atoms with Crippen molar-refractivity contribution >= 4 is 22.6 Å². The molecule has 2 atom stereocenters. The fraction of sp³-hybridized carbons (Fsp3) is 0.176. The third kappa shape index (κ3) is 2.23. The summed E-state index contributed by atoms with van der Waals surface area (Å²) in [6, 6.07) is 14.8. The predicted octanol–water partition coefficient (Wildman–Crippen LogP) is 3.67. The Morgan fingerprint density at radius 1 is 1.12 bits per heavy atom. The summed E-state index contributed by atoms with van der Waals surface area (Å²) >= 11 is 5.98. The highest BCUT2D eigenvalue weighted by atomic mass is 35.5. The van der Waals surface area contributed by atoms with Crippen molar-refractivity contribution in [2.24, 2.45) is 0 Å². The Morgan fingerprint density at radius 2 is 1.96 bits per heavy atom. The molecule has 0 bridgehead atoms. The van der Waals surface area contributed by atoms with Gasteiger partial charge < -0.3 is 0 Å². The summed E-state index contributed by atoms with van der Waals surface area (Å²) in [6.07, 6.45) is -0.816. The smallest absolute Gasteiger partial charge is 0.239 e. The molecule has 0 N–H and O–H groups in total. The van der Waals surface area contributed by atoms with Crippen molar-refractivity contribution in [3.05, 3.63) is 64.9 Å². The predicted molar refractivity (Wildman–Crippen MR) is 90.5 cm³/mol. The van der Waals surface area contributed by atoms with Crippen LogP contribution in [0.25, 0.3) is 17.0 Å². The molecule has 4 aromatic rings. The van der Waals surface area contributed by atoms with Crippen LogP contribution < -0.4 is 0 Å². The molecule has 6 nitrogen and oxygen atoms in total. The third-order valence-corrected chi connectivity index (χ3v) is 4.67. The van der Waals surface area contributed by atoms with Gasteiger partial charge in [0.1, 0.15) is 5.52 Å². The maximum atomic E-state index is 14.5. The molecule has 5 rings (SSSR count). The van der Waals surface area contributed by atoms with Gasteiger partial charge in [0.25, 0.3) is 5.95 Å². The molecule has 0 amide bonds. The van der Waals surface area contributed by atoms with Gasteiger partial charge >= 0.3 is 0 Å². The van der Waals surface area contributed by atoms with Crippen LogP contribution in [-0.2, 0) is 0 Å². The molecular formula is C17H12ClFN6. The van der Waals surface area contributed by atoms with Crippen LogP contribution in [0.1, 0.15) is 30.0 Å². The average molecular weight is 355 g/mol. The lowest BCUT2D eigenvalue weighted by atomic mass is 10.0. The molecular weight excluding hydrogens is 343 g/mol. The van der Waals surface area contributed by atoms with Crippen molar-refractivity contribution in [3.8, 4) is 5.95 Å². The zero-order valence-corrected chi connectivity index (χ0v) is 13.7. The molecule has 3 heterocycles. The molecule has 124 valence electrons. The number of nitrogens with zero attached hydrogens (tertiary/aromatic N) is 6. The SMILES string of the molecule is FC1CC(c2ccccc2)n2nc(-n3nnc4cc(Cl)ccc43)nc21. The Labute approximate surface area is 146 Å². The van der Waals surface area contributed by atoms with E-state index in [1.807, 2.05) is 30.3 Å². The van der Waals surface area contributed by atoms with Crippen LogP contribution in [0.3, 0.4) is 0 Å². The van der Waals surface area contributed by atoms with E-state index in [1.165, 1.54) is 4.68 Å². The Bertz CT molecular complexity index is 1070. The van der Waals surface area contributed by atoms with E-state index in [0.29, 0.717) is 28.7 Å². The van der Waals surface area contributed by atoms with Crippen molar-refractivity contribution < 1.29 is 4.39 Å². The topological polar surface area (TPSA) is 61.4 Å². The molecule has 0 fully saturated rings. The molecule has 0 spiro atoms. The zero-order chi connectivity index (χ0) is 17.0. The summed E-state index contributed by atoms with van der Waals surface area (Å²) < 4.78 is 17.6. The van der Waals surface area contributed by atoms with Gasteiger partial charge in [-0.3, -0.25) is 0 Å². The first-order chi connectivity index (χ1) is 12.2. The molecule has 0 aliphatic carbocycles. The number of rotatable bonds is 2. The minimum absolute atomic E-state index is 0.170. The second-order valence-corrected chi connectivity index (χ2v) is 6.42. The largest absolute Gasteiger partial charge is 0.271 e. The van der Waals surface area contributed by atoms with Gasteiger partial charge in [-0.25, -0.2) is 9.07 Å². The lowest BCUT2D eigenvalue weighted by molar-refractivity contribution is 0.328. The van der Waals surface area contributed by atoms with Crippen LogP contribution in [0.5, 0.6) is 0 Å². The second kappa shape index (κ2) is 5.35. The fourth-order valence-electron chi connectivity index (χ4n) is 3.25. The van der Waals surface area contributed by atoms with Crippen LogP contribution >= 0.6 is 11.6 Å². The molecule has 2 aromatic heterocycles. The van der Waals surface area contributed by atoms with Gasteiger partial charge in [-0.2, -0.15) is 9.67 Å². The fourth-order valence-corrected chi connectivity index (χ4v) is 3.42. The van der Waals surface area contributed by atoms with Gasteiger partial charge in [-0.15, -0.1) is 10.2 Å². The van der Waals surface area contributed by atoms with Gasteiger partial charge in [0.15, 0.2) is 12.0 Å². The highest BCUT2D eigenvalue weighted by Crippen LogP contribution is 2.39. The highest BCUT2D eigenvalue weighted by Gasteiger charge is 2.35. The molecule has 1 aliphatic rings. The van der Waals surface area contributed by atoms with Crippen molar-refractivity contribution in [3.63, 3.8) is 0 Å². The van der Waals surface area contributed by atoms with Crippen molar-refractivity contribution in [2.75, 3.05) is 0 Å². The number of aromatic nitrogens is 6. The summed E-state index contributed by atoms with van der Waals surface area (Å²) in [5, 5.41) is 13.3. The van der Waals surface area contributed by atoms with Gasteiger partial charge in [-0.05, 0) is 23.8 Å².